The number of carbonyl (C=O) groups excluding carboxylic acids is 1. The minimum atomic E-state index is -0.939. The van der Waals surface area contributed by atoms with Crippen LogP contribution in [0.5, 0.6) is 0 Å². The third-order valence-electron chi connectivity index (χ3n) is 3.20. The Kier molecular flexibility index (Phi) is 5.36. The van der Waals surface area contributed by atoms with Crippen molar-refractivity contribution in [2.75, 3.05) is 26.3 Å². The molecule has 0 unspecified atom stereocenters. The third-order valence-corrected chi connectivity index (χ3v) is 3.20. The summed E-state index contributed by atoms with van der Waals surface area (Å²) in [4.78, 5) is 24.0. The number of hydrogen-bond acceptors (Lipinski definition) is 4. The Labute approximate surface area is 105 Å². The van der Waals surface area contributed by atoms with Crippen LogP contribution in [-0.2, 0) is 4.79 Å². The number of urea groups is 1. The highest BCUT2D eigenvalue weighted by Gasteiger charge is 2.41. The zero-order valence-corrected chi connectivity index (χ0v) is 10.3. The number of amides is 2. The normalized spacial score (nSPS) is 16.8. The molecule has 1 aliphatic rings. The maximum absolute atomic E-state index is 11.9. The minimum absolute atomic E-state index is 0.0924. The molecule has 1 rings (SSSR count). The van der Waals surface area contributed by atoms with Crippen molar-refractivity contribution in [3.63, 3.8) is 0 Å². The first-order chi connectivity index (χ1) is 8.53. The largest absolute Gasteiger partial charge is 0.481 e. The van der Waals surface area contributed by atoms with Crippen LogP contribution in [-0.4, -0.2) is 64.1 Å². The van der Waals surface area contributed by atoms with Gasteiger partial charge in [-0.2, -0.15) is 0 Å². The molecule has 0 saturated heterocycles. The van der Waals surface area contributed by atoms with Gasteiger partial charge >= 0.3 is 12.0 Å². The quantitative estimate of drug-likeness (QED) is 0.487. The van der Waals surface area contributed by atoms with Gasteiger partial charge in [0.05, 0.1) is 25.2 Å². The van der Waals surface area contributed by atoms with Crippen LogP contribution in [0.3, 0.4) is 0 Å². The van der Waals surface area contributed by atoms with Crippen molar-refractivity contribution >= 4 is 12.0 Å². The van der Waals surface area contributed by atoms with E-state index in [0.717, 1.165) is 6.42 Å². The average Bonchev–Trinajstić information content (AvgIpc) is 2.25. The number of aliphatic hydroxyl groups excluding tert-OH is 2. The Morgan fingerprint density at radius 3 is 2.06 bits per heavy atom. The molecular formula is C11H20N2O5. The molecule has 0 aromatic rings. The number of carbonyl (C=O) groups is 2. The summed E-state index contributed by atoms with van der Waals surface area (Å²) in [7, 11) is 0. The van der Waals surface area contributed by atoms with Crippen LogP contribution >= 0.6 is 0 Å². The molecule has 1 aliphatic carbocycles. The van der Waals surface area contributed by atoms with Gasteiger partial charge in [-0.3, -0.25) is 4.79 Å². The first kappa shape index (κ1) is 14.7. The maximum atomic E-state index is 11.9. The van der Waals surface area contributed by atoms with Crippen molar-refractivity contribution in [2.45, 2.75) is 31.2 Å². The summed E-state index contributed by atoms with van der Waals surface area (Å²) in [5.74, 6) is -0.939. The first-order valence-electron chi connectivity index (χ1n) is 6.03. The molecule has 0 bridgehead atoms. The van der Waals surface area contributed by atoms with Gasteiger partial charge in [-0.05, 0) is 19.3 Å². The molecular weight excluding hydrogens is 240 g/mol. The van der Waals surface area contributed by atoms with Crippen LogP contribution in [0.1, 0.15) is 25.7 Å². The van der Waals surface area contributed by atoms with Gasteiger partial charge in [0.25, 0.3) is 0 Å². The highest BCUT2D eigenvalue weighted by Crippen LogP contribution is 2.35. The van der Waals surface area contributed by atoms with E-state index < -0.39 is 17.5 Å². The third kappa shape index (κ3) is 3.85. The van der Waals surface area contributed by atoms with Crippen LogP contribution in [0.2, 0.25) is 0 Å². The molecule has 0 aliphatic heterocycles. The number of hydrogen-bond donors (Lipinski definition) is 4. The minimum Gasteiger partial charge on any atom is -0.481 e. The zero-order chi connectivity index (χ0) is 13.6. The summed E-state index contributed by atoms with van der Waals surface area (Å²) in [6, 6.07) is -0.431. The molecule has 0 atom stereocenters. The van der Waals surface area contributed by atoms with E-state index in [4.69, 9.17) is 15.3 Å². The molecule has 2 amide bonds. The summed E-state index contributed by atoms with van der Waals surface area (Å²) in [5, 5.41) is 29.2. The van der Waals surface area contributed by atoms with E-state index in [1.54, 1.807) is 0 Å². The second-order valence-corrected chi connectivity index (χ2v) is 4.57. The fraction of sp³-hybridized carbons (Fsp3) is 0.818. The second-order valence-electron chi connectivity index (χ2n) is 4.57. The molecule has 0 aromatic heterocycles. The van der Waals surface area contributed by atoms with Crippen LogP contribution in [0.15, 0.2) is 0 Å². The Morgan fingerprint density at radius 2 is 1.72 bits per heavy atom. The van der Waals surface area contributed by atoms with E-state index in [9.17, 15) is 9.59 Å². The average molecular weight is 260 g/mol. The highest BCUT2D eigenvalue weighted by molar-refractivity contribution is 5.77. The van der Waals surface area contributed by atoms with Gasteiger partial charge in [-0.15, -0.1) is 0 Å². The van der Waals surface area contributed by atoms with Crippen molar-refractivity contribution < 1.29 is 24.9 Å². The molecule has 4 N–H and O–H groups in total. The number of nitrogens with zero attached hydrogens (tertiary/aromatic N) is 1. The molecule has 7 heteroatoms. The summed E-state index contributed by atoms with van der Waals surface area (Å²) in [6.45, 7) is -0.149. The van der Waals surface area contributed by atoms with Gasteiger partial charge in [-0.1, -0.05) is 0 Å². The standard InChI is InChI=1S/C11H20N2O5/c14-6-4-13(5-7-15)10(18)12-11(2-1-3-11)8-9(16)17/h14-15H,1-8H2,(H,12,18)(H,16,17). The first-order valence-corrected chi connectivity index (χ1v) is 6.03. The SMILES string of the molecule is O=C(O)CC1(NC(=O)N(CCO)CCO)CCC1. The monoisotopic (exact) mass is 260 g/mol. The molecule has 1 fully saturated rings. The molecule has 0 heterocycles. The number of rotatable bonds is 7. The molecule has 104 valence electrons. The molecule has 0 radical (unpaired) electrons. The predicted molar refractivity (Wildman–Crippen MR) is 63.1 cm³/mol. The molecule has 7 nitrogen and oxygen atoms in total. The number of carboxylic acids is 1. The Hall–Kier alpha value is -1.34. The van der Waals surface area contributed by atoms with Crippen molar-refractivity contribution in [2.24, 2.45) is 0 Å². The number of nitrogens with one attached hydrogen (secondary N) is 1. The number of aliphatic hydroxyl groups is 2. The smallest absolute Gasteiger partial charge is 0.318 e. The lowest BCUT2D eigenvalue weighted by molar-refractivity contribution is -0.139. The van der Waals surface area contributed by atoms with E-state index in [1.165, 1.54) is 4.90 Å². The Balaban J connectivity index is 2.57. The maximum Gasteiger partial charge on any atom is 0.318 e. The lowest BCUT2D eigenvalue weighted by atomic mass is 9.74. The van der Waals surface area contributed by atoms with Gasteiger partial charge in [-0.25, -0.2) is 4.79 Å². The van der Waals surface area contributed by atoms with Crippen LogP contribution in [0, 0.1) is 0 Å². The predicted octanol–water partition coefficient (Wildman–Crippen LogP) is -0.620. The van der Waals surface area contributed by atoms with Crippen molar-refractivity contribution in [1.29, 1.82) is 0 Å². The lowest BCUT2D eigenvalue weighted by Gasteiger charge is -2.42. The highest BCUT2D eigenvalue weighted by atomic mass is 16.4. The summed E-state index contributed by atoms with van der Waals surface area (Å²) in [5.41, 5.74) is -0.661. The van der Waals surface area contributed by atoms with Crippen LogP contribution in [0.25, 0.3) is 0 Å². The lowest BCUT2D eigenvalue weighted by Crippen LogP contribution is -2.58. The van der Waals surface area contributed by atoms with Gasteiger partial charge < -0.3 is 25.5 Å². The van der Waals surface area contributed by atoms with E-state index in [1.807, 2.05) is 0 Å². The van der Waals surface area contributed by atoms with E-state index >= 15 is 0 Å². The van der Waals surface area contributed by atoms with Gasteiger partial charge in [0.15, 0.2) is 0 Å². The topological polar surface area (TPSA) is 110 Å². The Morgan fingerprint density at radius 1 is 1.17 bits per heavy atom. The van der Waals surface area contributed by atoms with E-state index in [0.29, 0.717) is 12.8 Å². The number of carboxylic acid groups (broad SMARTS) is 1. The molecule has 0 aromatic carbocycles. The fourth-order valence-electron chi connectivity index (χ4n) is 2.10. The van der Waals surface area contributed by atoms with Gasteiger partial charge in [0.2, 0.25) is 0 Å². The van der Waals surface area contributed by atoms with E-state index in [-0.39, 0.29) is 32.7 Å². The fourth-order valence-corrected chi connectivity index (χ4v) is 2.10. The van der Waals surface area contributed by atoms with Crippen molar-refractivity contribution in [1.82, 2.24) is 10.2 Å². The molecule has 1 saturated carbocycles. The summed E-state index contributed by atoms with van der Waals surface area (Å²) in [6.07, 6.45) is 2.10. The van der Waals surface area contributed by atoms with E-state index in [2.05, 4.69) is 5.32 Å². The Bertz CT molecular complexity index is 298. The van der Waals surface area contributed by atoms with Crippen LogP contribution in [0.4, 0.5) is 4.79 Å². The number of aliphatic carboxylic acids is 1. The van der Waals surface area contributed by atoms with Gasteiger partial charge in [0, 0.05) is 13.1 Å². The van der Waals surface area contributed by atoms with Crippen molar-refractivity contribution in [3.8, 4) is 0 Å². The van der Waals surface area contributed by atoms with Crippen LogP contribution < -0.4 is 5.32 Å². The zero-order valence-electron chi connectivity index (χ0n) is 10.3. The molecule has 0 spiro atoms. The summed E-state index contributed by atoms with van der Waals surface area (Å²) >= 11 is 0. The van der Waals surface area contributed by atoms with Gasteiger partial charge in [0.1, 0.15) is 0 Å². The molecule has 18 heavy (non-hydrogen) atoms. The second kappa shape index (κ2) is 6.55. The summed E-state index contributed by atoms with van der Waals surface area (Å²) < 4.78 is 0. The van der Waals surface area contributed by atoms with Crippen molar-refractivity contribution in [3.05, 3.63) is 0 Å².